The normalized spacial score (nSPS) is 18.4. The monoisotopic (exact) mass is 436 g/mol. The van der Waals surface area contributed by atoms with Crippen LogP contribution in [0.4, 0.5) is 5.13 Å². The highest BCUT2D eigenvalue weighted by atomic mass is 32.1. The number of rotatable bonds is 4. The van der Waals surface area contributed by atoms with E-state index in [2.05, 4.69) is 31.2 Å². The number of aromatic nitrogens is 3. The SMILES string of the molecule is CNC(=O)c1ccc(-c2cc3sc(N4CCC(N5CCCCC5)CC4)nc3cn2)cn1. The zero-order valence-electron chi connectivity index (χ0n) is 17.9. The second-order valence-electron chi connectivity index (χ2n) is 8.36. The van der Waals surface area contributed by atoms with E-state index in [9.17, 15) is 4.79 Å². The van der Waals surface area contributed by atoms with Crippen molar-refractivity contribution in [2.75, 3.05) is 38.1 Å². The third-order valence-corrected chi connectivity index (χ3v) is 7.50. The number of nitrogens with one attached hydrogen (secondary N) is 1. The van der Waals surface area contributed by atoms with Crippen molar-refractivity contribution in [3.8, 4) is 11.3 Å². The van der Waals surface area contributed by atoms with E-state index in [1.54, 1.807) is 30.6 Å². The standard InChI is InChI=1S/C23H28N6OS/c1-24-22(30)18-6-5-16(14-25-18)19-13-21-20(15-26-19)27-23(31-21)29-11-7-17(8-12-29)28-9-3-2-4-10-28/h5-6,13-15,17H,2-4,7-12H2,1H3,(H,24,30). The molecule has 162 valence electrons. The molecule has 0 unspecified atom stereocenters. The van der Waals surface area contributed by atoms with Crippen molar-refractivity contribution in [2.24, 2.45) is 0 Å². The van der Waals surface area contributed by atoms with Gasteiger partial charge in [-0.3, -0.25) is 14.8 Å². The van der Waals surface area contributed by atoms with Gasteiger partial charge in [-0.2, -0.15) is 0 Å². The van der Waals surface area contributed by atoms with E-state index in [4.69, 9.17) is 4.98 Å². The van der Waals surface area contributed by atoms with E-state index >= 15 is 0 Å². The molecule has 2 aliphatic heterocycles. The van der Waals surface area contributed by atoms with Crippen LogP contribution in [0.25, 0.3) is 21.5 Å². The highest BCUT2D eigenvalue weighted by molar-refractivity contribution is 7.22. The number of fused-ring (bicyclic) bond motifs is 1. The summed E-state index contributed by atoms with van der Waals surface area (Å²) >= 11 is 1.74. The van der Waals surface area contributed by atoms with Gasteiger partial charge in [0.05, 0.1) is 16.6 Å². The average Bonchev–Trinajstić information content (AvgIpc) is 3.28. The second kappa shape index (κ2) is 8.88. The molecular weight excluding hydrogens is 408 g/mol. The third kappa shape index (κ3) is 4.27. The van der Waals surface area contributed by atoms with Crippen LogP contribution in [-0.2, 0) is 0 Å². The predicted octanol–water partition coefficient (Wildman–Crippen LogP) is 3.57. The molecule has 2 fully saturated rings. The van der Waals surface area contributed by atoms with Crippen LogP contribution in [0.2, 0.25) is 0 Å². The molecule has 1 N–H and O–H groups in total. The number of hydrogen-bond donors (Lipinski definition) is 1. The van der Waals surface area contributed by atoms with Gasteiger partial charge in [0.2, 0.25) is 0 Å². The number of piperidine rings is 2. The van der Waals surface area contributed by atoms with Crippen LogP contribution in [0, 0.1) is 0 Å². The Hall–Kier alpha value is -2.58. The first-order chi connectivity index (χ1) is 15.2. The topological polar surface area (TPSA) is 74.2 Å². The van der Waals surface area contributed by atoms with Crippen LogP contribution < -0.4 is 10.2 Å². The lowest BCUT2D eigenvalue weighted by Crippen LogP contribution is -2.46. The summed E-state index contributed by atoms with van der Waals surface area (Å²) in [7, 11) is 1.60. The number of anilines is 1. The maximum atomic E-state index is 11.7. The Morgan fingerprint density at radius 1 is 1.06 bits per heavy atom. The fourth-order valence-electron chi connectivity index (χ4n) is 4.63. The molecule has 0 aliphatic carbocycles. The number of likely N-dealkylation sites (tertiary alicyclic amines) is 1. The Morgan fingerprint density at radius 3 is 2.58 bits per heavy atom. The molecule has 0 spiro atoms. The summed E-state index contributed by atoms with van der Waals surface area (Å²) in [5, 5.41) is 3.69. The first kappa shape index (κ1) is 20.3. The lowest BCUT2D eigenvalue weighted by atomic mass is 10.0. The van der Waals surface area contributed by atoms with Gasteiger partial charge in [0.25, 0.3) is 5.91 Å². The largest absolute Gasteiger partial charge is 0.354 e. The number of amides is 1. The van der Waals surface area contributed by atoms with E-state index in [0.717, 1.165) is 45.7 Å². The van der Waals surface area contributed by atoms with Crippen LogP contribution in [0.3, 0.4) is 0 Å². The molecule has 5 heterocycles. The Bertz CT molecular complexity index is 1050. The summed E-state index contributed by atoms with van der Waals surface area (Å²) in [6, 6.07) is 6.43. The fourth-order valence-corrected chi connectivity index (χ4v) is 5.65. The van der Waals surface area contributed by atoms with E-state index in [1.807, 2.05) is 12.3 Å². The maximum absolute atomic E-state index is 11.7. The van der Waals surface area contributed by atoms with Gasteiger partial charge in [0, 0.05) is 37.9 Å². The van der Waals surface area contributed by atoms with E-state index in [1.165, 1.54) is 45.2 Å². The molecule has 0 saturated carbocycles. The molecule has 0 atom stereocenters. The van der Waals surface area contributed by atoms with Gasteiger partial charge in [-0.05, 0) is 57.0 Å². The molecule has 5 rings (SSSR count). The molecule has 0 bridgehead atoms. The van der Waals surface area contributed by atoms with Gasteiger partial charge in [-0.25, -0.2) is 4.98 Å². The molecule has 7 nitrogen and oxygen atoms in total. The van der Waals surface area contributed by atoms with Crippen molar-refractivity contribution in [3.63, 3.8) is 0 Å². The number of nitrogens with zero attached hydrogens (tertiary/aromatic N) is 5. The summed E-state index contributed by atoms with van der Waals surface area (Å²) in [4.78, 5) is 30.5. The summed E-state index contributed by atoms with van der Waals surface area (Å²) in [6.07, 6.45) is 10.1. The van der Waals surface area contributed by atoms with Gasteiger partial charge >= 0.3 is 0 Å². The number of carbonyl (C=O) groups excluding carboxylic acids is 1. The highest BCUT2D eigenvalue weighted by Crippen LogP contribution is 2.33. The summed E-state index contributed by atoms with van der Waals surface area (Å²) in [6.45, 7) is 4.71. The quantitative estimate of drug-likeness (QED) is 0.674. The highest BCUT2D eigenvalue weighted by Gasteiger charge is 2.26. The number of hydrogen-bond acceptors (Lipinski definition) is 7. The van der Waals surface area contributed by atoms with Crippen LogP contribution in [0.5, 0.6) is 0 Å². The van der Waals surface area contributed by atoms with Gasteiger partial charge in [-0.15, -0.1) is 0 Å². The minimum absolute atomic E-state index is 0.189. The fraction of sp³-hybridized carbons (Fsp3) is 0.478. The molecule has 0 radical (unpaired) electrons. The lowest BCUT2D eigenvalue weighted by Gasteiger charge is -2.40. The summed E-state index contributed by atoms with van der Waals surface area (Å²) in [5.74, 6) is -0.189. The number of pyridine rings is 2. The molecule has 2 saturated heterocycles. The minimum Gasteiger partial charge on any atom is -0.354 e. The average molecular weight is 437 g/mol. The summed E-state index contributed by atoms with van der Waals surface area (Å²) < 4.78 is 1.13. The molecule has 2 aliphatic rings. The van der Waals surface area contributed by atoms with Crippen molar-refractivity contribution < 1.29 is 4.79 Å². The Morgan fingerprint density at radius 2 is 1.87 bits per heavy atom. The molecule has 3 aromatic rings. The van der Waals surface area contributed by atoms with E-state index in [0.29, 0.717) is 5.69 Å². The first-order valence-corrected chi connectivity index (χ1v) is 12.0. The van der Waals surface area contributed by atoms with Gasteiger partial charge in [0.15, 0.2) is 5.13 Å². The van der Waals surface area contributed by atoms with Gasteiger partial charge in [-0.1, -0.05) is 17.8 Å². The van der Waals surface area contributed by atoms with Gasteiger partial charge in [0.1, 0.15) is 11.2 Å². The van der Waals surface area contributed by atoms with Crippen LogP contribution in [0.1, 0.15) is 42.6 Å². The van der Waals surface area contributed by atoms with Crippen molar-refractivity contribution in [2.45, 2.75) is 38.1 Å². The number of carbonyl (C=O) groups is 1. The zero-order chi connectivity index (χ0) is 21.2. The third-order valence-electron chi connectivity index (χ3n) is 6.42. The zero-order valence-corrected chi connectivity index (χ0v) is 18.7. The molecule has 8 heteroatoms. The smallest absolute Gasteiger partial charge is 0.269 e. The predicted molar refractivity (Wildman–Crippen MR) is 125 cm³/mol. The van der Waals surface area contributed by atoms with Crippen LogP contribution in [0.15, 0.2) is 30.6 Å². The van der Waals surface area contributed by atoms with Crippen molar-refractivity contribution >= 4 is 32.6 Å². The molecule has 31 heavy (non-hydrogen) atoms. The molecule has 3 aromatic heterocycles. The van der Waals surface area contributed by atoms with Crippen LogP contribution in [-0.4, -0.2) is 65.0 Å². The van der Waals surface area contributed by atoms with E-state index in [-0.39, 0.29) is 5.91 Å². The minimum atomic E-state index is -0.189. The van der Waals surface area contributed by atoms with Crippen LogP contribution >= 0.6 is 11.3 Å². The first-order valence-electron chi connectivity index (χ1n) is 11.2. The number of thiazole rings is 1. The second-order valence-corrected chi connectivity index (χ2v) is 9.37. The Balaban J connectivity index is 1.29. The van der Waals surface area contributed by atoms with E-state index < -0.39 is 0 Å². The van der Waals surface area contributed by atoms with Crippen molar-refractivity contribution in [1.82, 2.24) is 25.2 Å². The Labute approximate surface area is 186 Å². The molecule has 1 amide bonds. The summed E-state index contributed by atoms with van der Waals surface area (Å²) in [5.41, 5.74) is 3.09. The Kier molecular flexibility index (Phi) is 5.82. The maximum Gasteiger partial charge on any atom is 0.269 e. The van der Waals surface area contributed by atoms with Crippen molar-refractivity contribution in [3.05, 3.63) is 36.3 Å². The lowest BCUT2D eigenvalue weighted by molar-refractivity contribution is 0.0958. The van der Waals surface area contributed by atoms with Crippen molar-refractivity contribution in [1.29, 1.82) is 0 Å². The van der Waals surface area contributed by atoms with Gasteiger partial charge < -0.3 is 15.1 Å². The molecule has 0 aromatic carbocycles. The molecular formula is C23H28N6OS.